The van der Waals surface area contributed by atoms with Gasteiger partial charge in [-0.25, -0.2) is 0 Å². The lowest BCUT2D eigenvalue weighted by Gasteiger charge is -2.39. The lowest BCUT2D eigenvalue weighted by Crippen LogP contribution is -2.54. The molecule has 0 spiro atoms. The molecular formula is C12H25NO2. The second kappa shape index (κ2) is 4.81. The first-order valence-electron chi connectivity index (χ1n) is 5.90. The molecule has 0 radical (unpaired) electrons. The molecule has 0 aromatic heterocycles. The van der Waals surface area contributed by atoms with Crippen LogP contribution in [0.25, 0.3) is 0 Å². The van der Waals surface area contributed by atoms with Gasteiger partial charge in [0.1, 0.15) is 0 Å². The molecule has 3 heteroatoms. The van der Waals surface area contributed by atoms with E-state index < -0.39 is 5.54 Å². The molecule has 0 atom stereocenters. The van der Waals surface area contributed by atoms with E-state index in [-0.39, 0.29) is 13.2 Å². The molecule has 1 rings (SSSR count). The highest BCUT2D eigenvalue weighted by Gasteiger charge is 2.31. The topological polar surface area (TPSA) is 52.5 Å². The van der Waals surface area contributed by atoms with E-state index in [9.17, 15) is 10.2 Å². The fourth-order valence-electron chi connectivity index (χ4n) is 2.18. The van der Waals surface area contributed by atoms with Crippen LogP contribution in [0.1, 0.15) is 46.5 Å². The normalized spacial score (nSPS) is 23.0. The van der Waals surface area contributed by atoms with Gasteiger partial charge in [0.2, 0.25) is 0 Å². The van der Waals surface area contributed by atoms with Gasteiger partial charge in [0.25, 0.3) is 0 Å². The van der Waals surface area contributed by atoms with Crippen molar-refractivity contribution in [2.24, 2.45) is 5.41 Å². The van der Waals surface area contributed by atoms with E-state index in [4.69, 9.17) is 0 Å². The molecule has 15 heavy (non-hydrogen) atoms. The van der Waals surface area contributed by atoms with E-state index in [1.807, 2.05) is 6.92 Å². The Labute approximate surface area is 92.9 Å². The monoisotopic (exact) mass is 215 g/mol. The minimum Gasteiger partial charge on any atom is -0.394 e. The molecule has 0 aromatic rings. The van der Waals surface area contributed by atoms with Crippen LogP contribution in [0, 0.1) is 5.41 Å². The summed E-state index contributed by atoms with van der Waals surface area (Å²) in [6, 6.07) is 0.447. The van der Waals surface area contributed by atoms with Crippen LogP contribution in [-0.2, 0) is 0 Å². The van der Waals surface area contributed by atoms with Gasteiger partial charge in [-0.05, 0) is 38.0 Å². The smallest absolute Gasteiger partial charge is 0.0633 e. The molecule has 3 nitrogen and oxygen atoms in total. The summed E-state index contributed by atoms with van der Waals surface area (Å²) >= 11 is 0. The van der Waals surface area contributed by atoms with Gasteiger partial charge in [0.15, 0.2) is 0 Å². The predicted octanol–water partition coefficient (Wildman–Crippen LogP) is 1.29. The van der Waals surface area contributed by atoms with Crippen molar-refractivity contribution in [3.8, 4) is 0 Å². The molecule has 0 aromatic carbocycles. The second-order valence-electron chi connectivity index (χ2n) is 5.96. The summed E-state index contributed by atoms with van der Waals surface area (Å²) in [5.41, 5.74) is -0.0564. The van der Waals surface area contributed by atoms with Crippen molar-refractivity contribution in [2.45, 2.75) is 58.0 Å². The van der Waals surface area contributed by atoms with E-state index in [1.165, 1.54) is 12.8 Å². The van der Waals surface area contributed by atoms with Crippen LogP contribution < -0.4 is 5.32 Å². The lowest BCUT2D eigenvalue weighted by atomic mass is 9.75. The maximum absolute atomic E-state index is 9.20. The molecule has 1 aliphatic carbocycles. The maximum Gasteiger partial charge on any atom is 0.0633 e. The van der Waals surface area contributed by atoms with Gasteiger partial charge in [-0.1, -0.05) is 13.8 Å². The Morgan fingerprint density at radius 2 is 1.67 bits per heavy atom. The summed E-state index contributed by atoms with van der Waals surface area (Å²) in [5.74, 6) is 0. The zero-order valence-corrected chi connectivity index (χ0v) is 10.2. The van der Waals surface area contributed by atoms with Gasteiger partial charge in [0, 0.05) is 6.04 Å². The van der Waals surface area contributed by atoms with Crippen molar-refractivity contribution in [1.82, 2.24) is 5.32 Å². The average molecular weight is 215 g/mol. The summed E-state index contributed by atoms with van der Waals surface area (Å²) < 4.78 is 0. The van der Waals surface area contributed by atoms with Gasteiger partial charge in [-0.3, -0.25) is 0 Å². The number of rotatable bonds is 4. The Morgan fingerprint density at radius 3 is 2.07 bits per heavy atom. The van der Waals surface area contributed by atoms with E-state index in [2.05, 4.69) is 19.2 Å². The number of aliphatic hydroxyl groups is 2. The molecule has 1 saturated carbocycles. The largest absolute Gasteiger partial charge is 0.394 e. The number of hydrogen-bond acceptors (Lipinski definition) is 3. The quantitative estimate of drug-likeness (QED) is 0.662. The molecule has 1 aliphatic rings. The first-order valence-corrected chi connectivity index (χ1v) is 5.90. The zero-order chi connectivity index (χ0) is 11.5. The maximum atomic E-state index is 9.20. The lowest BCUT2D eigenvalue weighted by molar-refractivity contribution is 0.0794. The van der Waals surface area contributed by atoms with Crippen molar-refractivity contribution in [3.63, 3.8) is 0 Å². The molecule has 3 N–H and O–H groups in total. The number of hydrogen-bond donors (Lipinski definition) is 3. The summed E-state index contributed by atoms with van der Waals surface area (Å²) in [6.07, 6.45) is 4.72. The molecule has 0 heterocycles. The molecule has 0 saturated heterocycles. The van der Waals surface area contributed by atoms with Crippen molar-refractivity contribution in [2.75, 3.05) is 13.2 Å². The van der Waals surface area contributed by atoms with E-state index in [0.717, 1.165) is 12.8 Å². The molecule has 0 unspecified atom stereocenters. The van der Waals surface area contributed by atoms with E-state index in [1.54, 1.807) is 0 Å². The van der Waals surface area contributed by atoms with Crippen molar-refractivity contribution >= 4 is 0 Å². The summed E-state index contributed by atoms with van der Waals surface area (Å²) in [4.78, 5) is 0. The Morgan fingerprint density at radius 1 is 1.20 bits per heavy atom. The first-order chi connectivity index (χ1) is 6.91. The van der Waals surface area contributed by atoms with Gasteiger partial charge in [-0.15, -0.1) is 0 Å². The number of aliphatic hydroxyl groups excluding tert-OH is 2. The Hall–Kier alpha value is -0.120. The molecule has 90 valence electrons. The number of nitrogens with one attached hydrogen (secondary N) is 1. The van der Waals surface area contributed by atoms with Crippen molar-refractivity contribution in [3.05, 3.63) is 0 Å². The minimum absolute atomic E-state index is 0.0105. The molecule has 1 fully saturated rings. The third kappa shape index (κ3) is 3.74. The highest BCUT2D eigenvalue weighted by molar-refractivity contribution is 4.89. The highest BCUT2D eigenvalue weighted by Crippen LogP contribution is 2.35. The van der Waals surface area contributed by atoms with E-state index >= 15 is 0 Å². The van der Waals surface area contributed by atoms with Gasteiger partial charge >= 0.3 is 0 Å². The van der Waals surface area contributed by atoms with Crippen molar-refractivity contribution in [1.29, 1.82) is 0 Å². The third-order valence-electron chi connectivity index (χ3n) is 3.59. The minimum atomic E-state index is -0.522. The Kier molecular flexibility index (Phi) is 4.15. The van der Waals surface area contributed by atoms with Crippen molar-refractivity contribution < 1.29 is 10.2 Å². The van der Waals surface area contributed by atoms with Crippen LogP contribution in [0.5, 0.6) is 0 Å². The van der Waals surface area contributed by atoms with Gasteiger partial charge < -0.3 is 15.5 Å². The average Bonchev–Trinajstić information content (AvgIpc) is 2.21. The Bertz CT molecular complexity index is 190. The Balaban J connectivity index is 2.41. The van der Waals surface area contributed by atoms with Crippen LogP contribution in [0.15, 0.2) is 0 Å². The fourth-order valence-corrected chi connectivity index (χ4v) is 2.18. The summed E-state index contributed by atoms with van der Waals surface area (Å²) in [6.45, 7) is 6.46. The van der Waals surface area contributed by atoms with Crippen LogP contribution in [0.4, 0.5) is 0 Å². The molecule has 0 amide bonds. The fraction of sp³-hybridized carbons (Fsp3) is 1.00. The van der Waals surface area contributed by atoms with Crippen LogP contribution in [-0.4, -0.2) is 35.0 Å². The van der Waals surface area contributed by atoms with Crippen LogP contribution >= 0.6 is 0 Å². The molecular weight excluding hydrogens is 190 g/mol. The van der Waals surface area contributed by atoms with E-state index in [0.29, 0.717) is 11.5 Å². The molecule has 0 aliphatic heterocycles. The standard InChI is InChI=1S/C12H25NO2/c1-11(2)6-4-10(5-7-11)13-12(3,8-14)9-15/h10,13-15H,4-9H2,1-3H3. The van der Waals surface area contributed by atoms with Gasteiger partial charge in [-0.2, -0.15) is 0 Å². The second-order valence-corrected chi connectivity index (χ2v) is 5.96. The molecule has 0 bridgehead atoms. The van der Waals surface area contributed by atoms with Gasteiger partial charge in [0.05, 0.1) is 18.8 Å². The third-order valence-corrected chi connectivity index (χ3v) is 3.59. The first kappa shape index (κ1) is 12.9. The zero-order valence-electron chi connectivity index (χ0n) is 10.2. The highest BCUT2D eigenvalue weighted by atomic mass is 16.3. The predicted molar refractivity (Wildman–Crippen MR) is 61.7 cm³/mol. The summed E-state index contributed by atoms with van der Waals surface area (Å²) in [5, 5.41) is 21.8. The summed E-state index contributed by atoms with van der Waals surface area (Å²) in [7, 11) is 0. The SMILES string of the molecule is CC1(C)CCC(NC(C)(CO)CO)CC1. The van der Waals surface area contributed by atoms with Crippen LogP contribution in [0.2, 0.25) is 0 Å². The van der Waals surface area contributed by atoms with Crippen LogP contribution in [0.3, 0.4) is 0 Å².